The highest BCUT2D eigenvalue weighted by Crippen LogP contribution is 2.37. The average molecular weight is 312 g/mol. The molecule has 1 heterocycles. The number of rotatable bonds is 3. The van der Waals surface area contributed by atoms with E-state index in [1.165, 1.54) is 12.4 Å². The molecule has 0 fully saturated rings. The number of hydrogen-bond donors (Lipinski definition) is 1. The Balaban J connectivity index is 2.65. The molecule has 0 amide bonds. The maximum Gasteiger partial charge on any atom is 0.342 e. The highest BCUT2D eigenvalue weighted by atomic mass is 35.5. The van der Waals surface area contributed by atoms with Crippen molar-refractivity contribution in [2.75, 3.05) is 6.61 Å². The van der Waals surface area contributed by atoms with E-state index in [0.29, 0.717) is 16.1 Å². The summed E-state index contributed by atoms with van der Waals surface area (Å²) >= 11 is 12.1. The fourth-order valence-corrected chi connectivity index (χ4v) is 2.19. The van der Waals surface area contributed by atoms with Crippen LogP contribution in [-0.2, 0) is 4.74 Å². The summed E-state index contributed by atoms with van der Waals surface area (Å²) < 4.78 is 4.94. The lowest BCUT2D eigenvalue weighted by Gasteiger charge is -2.12. The van der Waals surface area contributed by atoms with Crippen LogP contribution in [0.5, 0.6) is 5.75 Å². The van der Waals surface area contributed by atoms with Crippen molar-refractivity contribution < 1.29 is 14.6 Å². The van der Waals surface area contributed by atoms with Gasteiger partial charge in [-0.05, 0) is 13.0 Å². The summed E-state index contributed by atoms with van der Waals surface area (Å²) in [5, 5.41) is 10.5. The molecule has 4 nitrogen and oxygen atoms in total. The molecule has 1 aromatic carbocycles. The van der Waals surface area contributed by atoms with Crippen molar-refractivity contribution in [3.05, 3.63) is 46.2 Å². The van der Waals surface area contributed by atoms with Gasteiger partial charge >= 0.3 is 5.97 Å². The van der Waals surface area contributed by atoms with E-state index in [4.69, 9.17) is 27.9 Å². The molecular weight excluding hydrogens is 301 g/mol. The lowest BCUT2D eigenvalue weighted by molar-refractivity contribution is 0.0524. The zero-order chi connectivity index (χ0) is 14.7. The largest absolute Gasteiger partial charge is 0.505 e. The number of benzene rings is 1. The standard InChI is InChI=1S/C14H11Cl2NO3/c1-2-20-14(19)12-9(6-17-7-11(12)18)8-4-3-5-10(15)13(8)16/h3-7,18H,2H2,1H3. The van der Waals surface area contributed by atoms with Crippen molar-refractivity contribution in [2.24, 2.45) is 0 Å². The number of pyridine rings is 1. The van der Waals surface area contributed by atoms with E-state index >= 15 is 0 Å². The van der Waals surface area contributed by atoms with Crippen molar-refractivity contribution in [1.82, 2.24) is 4.98 Å². The zero-order valence-electron chi connectivity index (χ0n) is 10.6. The molecular formula is C14H11Cl2NO3. The molecule has 0 saturated carbocycles. The minimum atomic E-state index is -0.640. The van der Waals surface area contributed by atoms with Crippen LogP contribution in [-0.4, -0.2) is 22.7 Å². The Morgan fingerprint density at radius 3 is 2.75 bits per heavy atom. The monoisotopic (exact) mass is 311 g/mol. The Morgan fingerprint density at radius 2 is 2.05 bits per heavy atom. The lowest BCUT2D eigenvalue weighted by Crippen LogP contribution is -2.07. The SMILES string of the molecule is CCOC(=O)c1c(O)cncc1-c1cccc(Cl)c1Cl. The van der Waals surface area contributed by atoms with Crippen LogP contribution >= 0.6 is 23.2 Å². The number of nitrogens with zero attached hydrogens (tertiary/aromatic N) is 1. The van der Waals surface area contributed by atoms with Crippen LogP contribution in [0.3, 0.4) is 0 Å². The molecule has 0 aliphatic carbocycles. The molecule has 0 saturated heterocycles. The van der Waals surface area contributed by atoms with Crippen LogP contribution < -0.4 is 0 Å². The Morgan fingerprint density at radius 1 is 1.30 bits per heavy atom. The number of halogens is 2. The summed E-state index contributed by atoms with van der Waals surface area (Å²) in [4.78, 5) is 15.8. The predicted octanol–water partition coefficient (Wildman–Crippen LogP) is 3.94. The first-order valence-corrected chi connectivity index (χ1v) is 6.60. The molecule has 1 aromatic heterocycles. The van der Waals surface area contributed by atoms with Crippen LogP contribution in [0.15, 0.2) is 30.6 Å². The highest BCUT2D eigenvalue weighted by Gasteiger charge is 2.21. The summed E-state index contributed by atoms with van der Waals surface area (Å²) in [6, 6.07) is 5.02. The van der Waals surface area contributed by atoms with Crippen LogP contribution in [0.2, 0.25) is 10.0 Å². The molecule has 0 bridgehead atoms. The topological polar surface area (TPSA) is 59.4 Å². The second kappa shape index (κ2) is 6.11. The predicted molar refractivity (Wildman–Crippen MR) is 77.3 cm³/mol. The summed E-state index contributed by atoms with van der Waals surface area (Å²) in [6.07, 6.45) is 2.61. The number of ether oxygens (including phenoxy) is 1. The minimum Gasteiger partial charge on any atom is -0.505 e. The maximum absolute atomic E-state index is 12.0. The summed E-state index contributed by atoms with van der Waals surface area (Å²) in [6.45, 7) is 1.88. The van der Waals surface area contributed by atoms with E-state index in [-0.39, 0.29) is 22.9 Å². The highest BCUT2D eigenvalue weighted by molar-refractivity contribution is 6.43. The Labute approximate surface area is 125 Å². The van der Waals surface area contributed by atoms with Gasteiger partial charge in [-0.25, -0.2) is 4.79 Å². The number of hydrogen-bond acceptors (Lipinski definition) is 4. The van der Waals surface area contributed by atoms with E-state index in [1.807, 2.05) is 0 Å². The first-order chi connectivity index (χ1) is 9.56. The van der Waals surface area contributed by atoms with Gasteiger partial charge in [0, 0.05) is 17.3 Å². The van der Waals surface area contributed by atoms with E-state index in [9.17, 15) is 9.90 Å². The van der Waals surface area contributed by atoms with Gasteiger partial charge in [-0.1, -0.05) is 35.3 Å². The molecule has 2 aromatic rings. The van der Waals surface area contributed by atoms with Crippen molar-refractivity contribution in [3.8, 4) is 16.9 Å². The molecule has 6 heteroatoms. The fraction of sp³-hybridized carbons (Fsp3) is 0.143. The van der Waals surface area contributed by atoms with E-state index < -0.39 is 5.97 Å². The van der Waals surface area contributed by atoms with Crippen LogP contribution in [0.1, 0.15) is 17.3 Å². The minimum absolute atomic E-state index is 0.0195. The second-order valence-electron chi connectivity index (χ2n) is 3.90. The summed E-state index contributed by atoms with van der Waals surface area (Å²) in [7, 11) is 0. The van der Waals surface area contributed by atoms with Crippen LogP contribution in [0.4, 0.5) is 0 Å². The quantitative estimate of drug-likeness (QED) is 0.872. The number of carbonyl (C=O) groups is 1. The van der Waals surface area contributed by atoms with E-state index in [1.54, 1.807) is 25.1 Å². The third-order valence-electron chi connectivity index (χ3n) is 2.65. The molecule has 0 aliphatic rings. The third-order valence-corrected chi connectivity index (χ3v) is 3.47. The van der Waals surface area contributed by atoms with E-state index in [2.05, 4.69) is 4.98 Å². The van der Waals surface area contributed by atoms with Crippen molar-refractivity contribution in [3.63, 3.8) is 0 Å². The molecule has 20 heavy (non-hydrogen) atoms. The smallest absolute Gasteiger partial charge is 0.342 e. The van der Waals surface area contributed by atoms with Crippen LogP contribution in [0, 0.1) is 0 Å². The normalized spacial score (nSPS) is 10.3. The Bertz CT molecular complexity index is 659. The van der Waals surface area contributed by atoms with Gasteiger partial charge < -0.3 is 9.84 Å². The fourth-order valence-electron chi connectivity index (χ4n) is 1.78. The first kappa shape index (κ1) is 14.6. The molecule has 0 aliphatic heterocycles. The Kier molecular flexibility index (Phi) is 4.47. The van der Waals surface area contributed by atoms with Gasteiger partial charge in [0.1, 0.15) is 11.3 Å². The van der Waals surface area contributed by atoms with Gasteiger partial charge in [0.05, 0.1) is 22.8 Å². The first-order valence-electron chi connectivity index (χ1n) is 5.84. The average Bonchev–Trinajstić information content (AvgIpc) is 2.42. The van der Waals surface area contributed by atoms with Crippen molar-refractivity contribution >= 4 is 29.2 Å². The molecule has 0 spiro atoms. The van der Waals surface area contributed by atoms with Crippen molar-refractivity contribution in [2.45, 2.75) is 6.92 Å². The van der Waals surface area contributed by atoms with Gasteiger partial charge in [0.2, 0.25) is 0 Å². The third kappa shape index (κ3) is 2.71. The Hall–Kier alpha value is -1.78. The van der Waals surface area contributed by atoms with Crippen molar-refractivity contribution in [1.29, 1.82) is 0 Å². The van der Waals surface area contributed by atoms with Crippen LogP contribution in [0.25, 0.3) is 11.1 Å². The molecule has 2 rings (SSSR count). The molecule has 104 valence electrons. The van der Waals surface area contributed by atoms with Gasteiger partial charge in [-0.2, -0.15) is 0 Å². The summed E-state index contributed by atoms with van der Waals surface area (Å²) in [5.74, 6) is -0.907. The number of aromatic hydroxyl groups is 1. The van der Waals surface area contributed by atoms with Gasteiger partial charge in [-0.3, -0.25) is 4.98 Å². The lowest BCUT2D eigenvalue weighted by atomic mass is 10.0. The zero-order valence-corrected chi connectivity index (χ0v) is 12.1. The molecule has 0 atom stereocenters. The van der Waals surface area contributed by atoms with Gasteiger partial charge in [-0.15, -0.1) is 0 Å². The number of carbonyl (C=O) groups excluding carboxylic acids is 1. The summed E-state index contributed by atoms with van der Waals surface area (Å²) in [5.41, 5.74) is 0.896. The molecule has 0 unspecified atom stereocenters. The number of esters is 1. The maximum atomic E-state index is 12.0. The van der Waals surface area contributed by atoms with Gasteiger partial charge in [0.15, 0.2) is 0 Å². The number of aromatic nitrogens is 1. The molecule has 0 radical (unpaired) electrons. The second-order valence-corrected chi connectivity index (χ2v) is 4.69. The molecule has 1 N–H and O–H groups in total. The van der Waals surface area contributed by atoms with E-state index in [0.717, 1.165) is 0 Å². The van der Waals surface area contributed by atoms with Gasteiger partial charge in [0.25, 0.3) is 0 Å².